The Morgan fingerprint density at radius 3 is 2.43 bits per heavy atom. The highest BCUT2D eigenvalue weighted by molar-refractivity contribution is 7.92. The van der Waals surface area contributed by atoms with Crippen molar-refractivity contribution < 1.29 is 8.42 Å². The molecule has 0 saturated carbocycles. The van der Waals surface area contributed by atoms with E-state index in [0.29, 0.717) is 17.6 Å². The Labute approximate surface area is 123 Å². The van der Waals surface area contributed by atoms with Crippen molar-refractivity contribution >= 4 is 20.9 Å². The molecule has 0 saturated heterocycles. The van der Waals surface area contributed by atoms with Crippen LogP contribution in [0.2, 0.25) is 0 Å². The molecule has 0 aliphatic carbocycles. The summed E-state index contributed by atoms with van der Waals surface area (Å²) in [6.07, 6.45) is 1.24. The molecule has 1 heterocycles. The molecule has 0 amide bonds. The quantitative estimate of drug-likeness (QED) is 0.776. The van der Waals surface area contributed by atoms with E-state index in [1.807, 2.05) is 19.1 Å². The van der Waals surface area contributed by atoms with Gasteiger partial charge in [0.25, 0.3) is 0 Å². The van der Waals surface area contributed by atoms with Gasteiger partial charge in [-0.2, -0.15) is 0 Å². The Kier molecular flexibility index (Phi) is 3.99. The maximum atomic E-state index is 12.1. The fourth-order valence-corrected chi connectivity index (χ4v) is 3.06. The monoisotopic (exact) mass is 311 g/mol. The zero-order valence-electron chi connectivity index (χ0n) is 12.6. The molecule has 1 atom stereocenters. The number of hydrogen-bond donors (Lipinski definition) is 3. The van der Waals surface area contributed by atoms with Crippen molar-refractivity contribution in [1.82, 2.24) is 15.3 Å². The van der Waals surface area contributed by atoms with Crippen LogP contribution >= 0.6 is 0 Å². The van der Waals surface area contributed by atoms with E-state index < -0.39 is 14.6 Å². The van der Waals surface area contributed by atoms with E-state index in [1.165, 1.54) is 6.26 Å². The van der Waals surface area contributed by atoms with Crippen LogP contribution in [0.5, 0.6) is 0 Å². The summed E-state index contributed by atoms with van der Waals surface area (Å²) in [6, 6.07) is 5.07. The first kappa shape index (κ1) is 15.8. The summed E-state index contributed by atoms with van der Waals surface area (Å²) in [5.74, 6) is 0. The van der Waals surface area contributed by atoms with Crippen LogP contribution in [0.4, 0.5) is 0 Å². The minimum atomic E-state index is -3.26. The van der Waals surface area contributed by atoms with Gasteiger partial charge in [-0.15, -0.1) is 0 Å². The molecule has 21 heavy (non-hydrogen) atoms. The number of hydrogen-bond acceptors (Lipinski definition) is 4. The lowest BCUT2D eigenvalue weighted by Gasteiger charge is -2.33. The number of sulfone groups is 1. The highest BCUT2D eigenvalue weighted by atomic mass is 32.2. The Morgan fingerprint density at radius 1 is 1.24 bits per heavy atom. The molecule has 7 heteroatoms. The summed E-state index contributed by atoms with van der Waals surface area (Å²) in [4.78, 5) is 16.7. The van der Waals surface area contributed by atoms with E-state index in [-0.39, 0.29) is 11.7 Å². The summed E-state index contributed by atoms with van der Waals surface area (Å²) in [7, 11) is -3.26. The molecule has 116 valence electrons. The highest BCUT2D eigenvalue weighted by Gasteiger charge is 2.39. The third kappa shape index (κ3) is 2.89. The standard InChI is InChI=1S/C14H21N3O3S/c1-5-15-12(14(2,3)21(4,19)20)9-6-7-10-11(8-9)17-13(18)16-10/h6-8,12,15H,5H2,1-4H3,(H2,16,17,18). The SMILES string of the molecule is CCNC(c1ccc2[nH]c(=O)[nH]c2c1)C(C)(C)S(C)(=O)=O. The van der Waals surface area contributed by atoms with Gasteiger partial charge in [-0.1, -0.05) is 13.0 Å². The van der Waals surface area contributed by atoms with Gasteiger partial charge >= 0.3 is 5.69 Å². The molecule has 0 aliphatic heterocycles. The van der Waals surface area contributed by atoms with Crippen LogP contribution in [-0.2, 0) is 9.84 Å². The molecule has 1 aromatic carbocycles. The molecule has 6 nitrogen and oxygen atoms in total. The van der Waals surface area contributed by atoms with Gasteiger partial charge in [-0.05, 0) is 38.1 Å². The smallest absolute Gasteiger partial charge is 0.309 e. The summed E-state index contributed by atoms with van der Waals surface area (Å²) in [5.41, 5.74) is 1.93. The molecule has 2 aromatic rings. The minimum absolute atomic E-state index is 0.274. The van der Waals surface area contributed by atoms with E-state index in [4.69, 9.17) is 0 Å². The minimum Gasteiger partial charge on any atom is -0.309 e. The van der Waals surface area contributed by atoms with Gasteiger partial charge in [-0.3, -0.25) is 0 Å². The average Bonchev–Trinajstić information content (AvgIpc) is 2.73. The molecule has 1 aromatic heterocycles. The predicted molar refractivity (Wildman–Crippen MR) is 84.3 cm³/mol. The zero-order chi connectivity index (χ0) is 15.8. The molecular weight excluding hydrogens is 290 g/mol. The maximum Gasteiger partial charge on any atom is 0.323 e. The fraction of sp³-hybridized carbons (Fsp3) is 0.500. The molecule has 0 bridgehead atoms. The maximum absolute atomic E-state index is 12.1. The van der Waals surface area contributed by atoms with Crippen LogP contribution in [0.1, 0.15) is 32.4 Å². The van der Waals surface area contributed by atoms with E-state index >= 15 is 0 Å². The second kappa shape index (κ2) is 5.31. The first-order valence-corrected chi connectivity index (χ1v) is 8.71. The summed E-state index contributed by atoms with van der Waals surface area (Å²) in [5, 5.41) is 3.24. The van der Waals surface area contributed by atoms with E-state index in [0.717, 1.165) is 5.56 Å². The number of rotatable bonds is 5. The largest absolute Gasteiger partial charge is 0.323 e. The van der Waals surface area contributed by atoms with Crippen LogP contribution in [0, 0.1) is 0 Å². The Hall–Kier alpha value is -1.60. The van der Waals surface area contributed by atoms with Crippen molar-refractivity contribution in [2.75, 3.05) is 12.8 Å². The first-order chi connectivity index (χ1) is 9.66. The molecular formula is C14H21N3O3S. The Bertz CT molecular complexity index is 802. The van der Waals surface area contributed by atoms with Crippen LogP contribution in [0.15, 0.2) is 23.0 Å². The van der Waals surface area contributed by atoms with Gasteiger partial charge < -0.3 is 15.3 Å². The normalized spacial score (nSPS) is 14.5. The topological polar surface area (TPSA) is 94.8 Å². The lowest BCUT2D eigenvalue weighted by Crippen LogP contribution is -2.44. The molecule has 0 aliphatic rings. The van der Waals surface area contributed by atoms with Gasteiger partial charge in [0.05, 0.1) is 21.8 Å². The van der Waals surface area contributed by atoms with Crippen molar-refractivity contribution in [1.29, 1.82) is 0 Å². The van der Waals surface area contributed by atoms with Crippen molar-refractivity contribution in [2.45, 2.75) is 31.6 Å². The molecule has 0 radical (unpaired) electrons. The number of aromatic amines is 2. The van der Waals surface area contributed by atoms with Crippen LogP contribution in [0.3, 0.4) is 0 Å². The van der Waals surface area contributed by atoms with Crippen LogP contribution in [0.25, 0.3) is 11.0 Å². The average molecular weight is 311 g/mol. The van der Waals surface area contributed by atoms with E-state index in [1.54, 1.807) is 19.9 Å². The second-order valence-corrected chi connectivity index (χ2v) is 8.35. The van der Waals surface area contributed by atoms with Crippen LogP contribution in [-0.4, -0.2) is 35.9 Å². The lowest BCUT2D eigenvalue weighted by molar-refractivity contribution is 0.428. The molecule has 2 rings (SSSR count). The Balaban J connectivity index is 2.57. The second-order valence-electron chi connectivity index (χ2n) is 5.75. The van der Waals surface area contributed by atoms with Crippen molar-refractivity contribution in [3.05, 3.63) is 34.2 Å². The highest BCUT2D eigenvalue weighted by Crippen LogP contribution is 2.33. The number of fused-ring (bicyclic) bond motifs is 1. The molecule has 0 fully saturated rings. The van der Waals surface area contributed by atoms with Crippen molar-refractivity contribution in [2.24, 2.45) is 0 Å². The van der Waals surface area contributed by atoms with Gasteiger partial charge in [0.2, 0.25) is 0 Å². The first-order valence-electron chi connectivity index (χ1n) is 6.81. The third-order valence-electron chi connectivity index (χ3n) is 3.93. The van der Waals surface area contributed by atoms with Crippen molar-refractivity contribution in [3.63, 3.8) is 0 Å². The van der Waals surface area contributed by atoms with E-state index in [2.05, 4.69) is 15.3 Å². The van der Waals surface area contributed by atoms with Crippen LogP contribution < -0.4 is 11.0 Å². The zero-order valence-corrected chi connectivity index (χ0v) is 13.5. The summed E-state index contributed by atoms with van der Waals surface area (Å²) < 4.78 is 23.2. The lowest BCUT2D eigenvalue weighted by atomic mass is 9.94. The predicted octanol–water partition coefficient (Wildman–Crippen LogP) is 1.33. The molecule has 3 N–H and O–H groups in total. The number of aromatic nitrogens is 2. The summed E-state index contributed by atoms with van der Waals surface area (Å²) >= 11 is 0. The van der Waals surface area contributed by atoms with Gasteiger partial charge in [0.15, 0.2) is 9.84 Å². The van der Waals surface area contributed by atoms with E-state index in [9.17, 15) is 13.2 Å². The number of benzene rings is 1. The van der Waals surface area contributed by atoms with Crippen molar-refractivity contribution in [3.8, 4) is 0 Å². The number of nitrogens with one attached hydrogen (secondary N) is 3. The number of imidazole rings is 1. The van der Waals surface area contributed by atoms with Gasteiger partial charge in [0, 0.05) is 6.26 Å². The third-order valence-corrected chi connectivity index (χ3v) is 6.08. The van der Waals surface area contributed by atoms with Gasteiger partial charge in [-0.25, -0.2) is 13.2 Å². The molecule has 1 unspecified atom stereocenters. The Morgan fingerprint density at radius 2 is 1.86 bits per heavy atom. The summed E-state index contributed by atoms with van der Waals surface area (Å²) in [6.45, 7) is 5.99. The fourth-order valence-electron chi connectivity index (χ4n) is 2.41. The number of H-pyrrole nitrogens is 2. The van der Waals surface area contributed by atoms with Gasteiger partial charge in [0.1, 0.15) is 0 Å². The molecule has 0 spiro atoms.